The van der Waals surface area contributed by atoms with Crippen LogP contribution in [0.1, 0.15) is 5.82 Å². The fourth-order valence-corrected chi connectivity index (χ4v) is 0.298. The zero-order chi connectivity index (χ0) is 5.28. The molecular formula is C3H3N3OUV-2. The van der Waals surface area contributed by atoms with Crippen molar-refractivity contribution < 1.29 is 49.7 Å². The minimum atomic E-state index is -0.502. The van der Waals surface area contributed by atoms with Crippen molar-refractivity contribution in [2.24, 2.45) is 0 Å². The molecule has 1 rings (SSSR count). The van der Waals surface area contributed by atoms with E-state index in [1.165, 1.54) is 0 Å². The number of rotatable bonds is 0. The van der Waals surface area contributed by atoms with Gasteiger partial charge in [0.25, 0.3) is 0 Å². The maximum atomic E-state index is 10.0. The van der Waals surface area contributed by atoms with Gasteiger partial charge < -0.3 is 20.0 Å². The average Bonchev–Trinajstić information content (AvgIpc) is 1.87. The molecule has 9 heavy (non-hydrogen) atoms. The Morgan fingerprint density at radius 1 is 1.56 bits per heavy atom. The topological polar surface area (TPSA) is 58.2 Å². The molecule has 47 valence electrons. The van der Waals surface area contributed by atoms with E-state index < -0.39 is 5.69 Å². The van der Waals surface area contributed by atoms with E-state index in [2.05, 4.69) is 15.2 Å². The van der Waals surface area contributed by atoms with E-state index in [9.17, 15) is 4.79 Å². The van der Waals surface area contributed by atoms with Gasteiger partial charge in [0.15, 0.2) is 0 Å². The van der Waals surface area contributed by atoms with Gasteiger partial charge >= 0.3 is 0 Å². The molecule has 0 fully saturated rings. The van der Waals surface area contributed by atoms with E-state index in [0.717, 1.165) is 0 Å². The van der Waals surface area contributed by atoms with Crippen molar-refractivity contribution in [3.8, 4) is 0 Å². The third-order valence-electron chi connectivity index (χ3n) is 0.538. The standard InChI is InChI=1S/C3H4N3O.U.V/c1-2-4-3(7)6-5-2;;/h1H3,(H-,4,5,6,7);;/q-1;;/p-1. The summed E-state index contributed by atoms with van der Waals surface area (Å²) in [5.41, 5.74) is -0.502. The Bertz CT molecular complexity index is 207. The first kappa shape index (κ1) is 12.3. The van der Waals surface area contributed by atoms with Crippen LogP contribution in [0.15, 0.2) is 4.79 Å². The normalized spacial score (nSPS) is 7.22. The predicted octanol–water partition coefficient (Wildman–Crippen LogP) is -1.34. The van der Waals surface area contributed by atoms with Crippen molar-refractivity contribution in [1.29, 1.82) is 0 Å². The quantitative estimate of drug-likeness (QED) is 0.554. The molecule has 1 heterocycles. The first-order valence-corrected chi connectivity index (χ1v) is 1.80. The molecule has 0 N–H and O–H groups in total. The Balaban J connectivity index is 0. The molecule has 1 aromatic heterocycles. The Morgan fingerprint density at radius 2 is 2.11 bits per heavy atom. The molecule has 0 atom stereocenters. The number of aryl methyl sites for hydroxylation is 1. The first-order chi connectivity index (χ1) is 3.29. The van der Waals surface area contributed by atoms with E-state index in [1.54, 1.807) is 6.92 Å². The van der Waals surface area contributed by atoms with Gasteiger partial charge in [0.2, 0.25) is 0 Å². The fraction of sp³-hybridized carbons (Fsp3) is 0.333. The number of hydrogen-bond donors (Lipinski definition) is 0. The van der Waals surface area contributed by atoms with E-state index in [-0.39, 0.29) is 49.7 Å². The van der Waals surface area contributed by atoms with Crippen LogP contribution in [0.2, 0.25) is 0 Å². The van der Waals surface area contributed by atoms with Gasteiger partial charge in [-0.15, -0.1) is 0 Å². The third-order valence-corrected chi connectivity index (χ3v) is 0.538. The second-order valence-corrected chi connectivity index (χ2v) is 1.14. The van der Waals surface area contributed by atoms with Gasteiger partial charge in [-0.25, -0.2) is 0 Å². The molecule has 0 saturated heterocycles. The molecule has 0 amide bonds. The fourth-order valence-electron chi connectivity index (χ4n) is 0.298. The molecule has 0 aliphatic rings. The summed E-state index contributed by atoms with van der Waals surface area (Å²) in [5, 5.41) is 6.44. The van der Waals surface area contributed by atoms with Crippen molar-refractivity contribution in [2.45, 2.75) is 6.92 Å². The minimum Gasteiger partial charge on any atom is -0.631 e. The van der Waals surface area contributed by atoms with Gasteiger partial charge in [-0.3, -0.25) is 0 Å². The Kier molecular flexibility index (Phi) is 7.32. The van der Waals surface area contributed by atoms with E-state index in [4.69, 9.17) is 0 Å². The van der Waals surface area contributed by atoms with Crippen LogP contribution in [0.5, 0.6) is 0 Å². The number of nitrogens with zero attached hydrogens (tertiary/aromatic N) is 3. The Morgan fingerprint density at radius 3 is 2.22 bits per heavy atom. The van der Waals surface area contributed by atoms with Gasteiger partial charge in [0, 0.05) is 49.7 Å². The van der Waals surface area contributed by atoms with Crippen molar-refractivity contribution >= 4 is 0 Å². The maximum absolute atomic E-state index is 10.0. The molecule has 1 radical (unpaired) electrons. The van der Waals surface area contributed by atoms with Crippen LogP contribution in [-0.2, 0) is 18.6 Å². The molecule has 0 aliphatic heterocycles. The summed E-state index contributed by atoms with van der Waals surface area (Å²) in [6.07, 6.45) is 0. The Hall–Kier alpha value is 0.576. The summed E-state index contributed by atoms with van der Waals surface area (Å²) in [7, 11) is 0. The van der Waals surface area contributed by atoms with Gasteiger partial charge in [-0.1, -0.05) is 5.82 Å². The second-order valence-electron chi connectivity index (χ2n) is 1.14. The van der Waals surface area contributed by atoms with Crippen molar-refractivity contribution in [1.82, 2.24) is 15.2 Å². The molecule has 4 nitrogen and oxygen atoms in total. The number of aromatic nitrogens is 3. The van der Waals surface area contributed by atoms with E-state index in [1.807, 2.05) is 0 Å². The van der Waals surface area contributed by atoms with Gasteiger partial charge in [-0.2, -0.15) is 0 Å². The van der Waals surface area contributed by atoms with Crippen LogP contribution >= 0.6 is 0 Å². The van der Waals surface area contributed by atoms with Gasteiger partial charge in [0.05, 0.1) is 0 Å². The van der Waals surface area contributed by atoms with Crippen LogP contribution in [0.3, 0.4) is 0 Å². The first-order valence-electron chi connectivity index (χ1n) is 1.80. The van der Waals surface area contributed by atoms with E-state index in [0.29, 0.717) is 5.82 Å². The number of hydrogen-bond acceptors (Lipinski definition) is 2. The third kappa shape index (κ3) is 4.04. The predicted molar refractivity (Wildman–Crippen MR) is 21.9 cm³/mol. The molecular weight excluding hydrogens is 383 g/mol. The summed E-state index contributed by atoms with van der Waals surface area (Å²) in [4.78, 5) is 13.3. The molecule has 0 unspecified atom stereocenters. The summed E-state index contributed by atoms with van der Waals surface area (Å²) in [5.74, 6) is 0.435. The minimum absolute atomic E-state index is 0. The molecule has 0 aliphatic carbocycles. The largest absolute Gasteiger partial charge is 0.631 e. The summed E-state index contributed by atoms with van der Waals surface area (Å²) in [6, 6.07) is 0. The SMILES string of the molecule is Cc1n[n-]c(=O)[n-]1.[U].[V]. The van der Waals surface area contributed by atoms with Crippen molar-refractivity contribution in [3.05, 3.63) is 16.3 Å². The Labute approximate surface area is 87.5 Å². The average molecular weight is 386 g/mol. The van der Waals surface area contributed by atoms with E-state index >= 15 is 0 Å². The summed E-state index contributed by atoms with van der Waals surface area (Å²) < 4.78 is 0. The molecule has 1 aromatic rings. The maximum Gasteiger partial charge on any atom is 0 e. The summed E-state index contributed by atoms with van der Waals surface area (Å²) in [6.45, 7) is 1.62. The second kappa shape index (κ2) is 5.37. The zero-order valence-electron chi connectivity index (χ0n) is 4.70. The molecule has 0 saturated carbocycles. The van der Waals surface area contributed by atoms with Crippen LogP contribution in [0, 0.1) is 38.0 Å². The zero-order valence-corrected chi connectivity index (χ0v) is 10.3. The monoisotopic (exact) mass is 386 g/mol. The summed E-state index contributed by atoms with van der Waals surface area (Å²) >= 11 is 0. The van der Waals surface area contributed by atoms with Crippen molar-refractivity contribution in [3.63, 3.8) is 0 Å². The van der Waals surface area contributed by atoms with Crippen LogP contribution in [-0.4, -0.2) is 5.10 Å². The van der Waals surface area contributed by atoms with Crippen LogP contribution in [0.25, 0.3) is 0 Å². The van der Waals surface area contributed by atoms with Gasteiger partial charge in [-0.05, 0) is 12.6 Å². The molecule has 0 bridgehead atoms. The molecule has 0 aromatic carbocycles. The smallest absolute Gasteiger partial charge is 0 e. The van der Waals surface area contributed by atoms with Crippen LogP contribution < -0.4 is 15.8 Å². The van der Waals surface area contributed by atoms with Crippen LogP contribution in [0.4, 0.5) is 0 Å². The van der Waals surface area contributed by atoms with Gasteiger partial charge in [0.1, 0.15) is 0 Å². The molecule has 0 spiro atoms. The molecule has 6 heteroatoms. The van der Waals surface area contributed by atoms with Crippen molar-refractivity contribution in [2.75, 3.05) is 0 Å².